The number of carbonyl (C=O) groups excluding carboxylic acids is 1. The van der Waals surface area contributed by atoms with Crippen LogP contribution in [0.1, 0.15) is 30.4 Å². The fourth-order valence-corrected chi connectivity index (χ4v) is 3.24. The summed E-state index contributed by atoms with van der Waals surface area (Å²) in [5.41, 5.74) is 2.19. The molecule has 0 unspecified atom stereocenters. The fraction of sp³-hybridized carbons (Fsp3) is 0.600. The van der Waals surface area contributed by atoms with E-state index in [9.17, 15) is 18.0 Å². The molecule has 168 valence electrons. The van der Waals surface area contributed by atoms with Crippen LogP contribution in [0, 0.1) is 0 Å². The molecule has 2 N–H and O–H groups in total. The molecular formula is C20H29F3N4O3. The van der Waals surface area contributed by atoms with Crippen LogP contribution < -0.4 is 20.1 Å². The predicted octanol–water partition coefficient (Wildman–Crippen LogP) is 2.49. The number of carbonyl (C=O) groups is 1. The number of alkyl halides is 3. The molecule has 0 bridgehead atoms. The highest BCUT2D eigenvalue weighted by Gasteiger charge is 2.26. The number of halogens is 3. The van der Waals surface area contributed by atoms with E-state index < -0.39 is 12.6 Å². The first-order valence-corrected chi connectivity index (χ1v) is 9.80. The van der Waals surface area contributed by atoms with Gasteiger partial charge >= 0.3 is 6.18 Å². The number of aliphatic imine (C=N–C) groups is 1. The van der Waals surface area contributed by atoms with E-state index in [0.29, 0.717) is 49.9 Å². The Bertz CT molecular complexity index is 754. The first kappa shape index (κ1) is 23.6. The number of benzene rings is 1. The van der Waals surface area contributed by atoms with Crippen molar-refractivity contribution in [1.29, 1.82) is 0 Å². The summed E-state index contributed by atoms with van der Waals surface area (Å²) in [6.07, 6.45) is -3.50. The van der Waals surface area contributed by atoms with Crippen LogP contribution in [0.3, 0.4) is 0 Å². The molecule has 0 atom stereocenters. The number of fused-ring (bicyclic) bond motifs is 1. The van der Waals surface area contributed by atoms with E-state index in [1.54, 1.807) is 14.2 Å². The average molecular weight is 430 g/mol. The highest BCUT2D eigenvalue weighted by molar-refractivity contribution is 5.80. The Morgan fingerprint density at radius 3 is 2.37 bits per heavy atom. The van der Waals surface area contributed by atoms with E-state index in [4.69, 9.17) is 9.47 Å². The fourth-order valence-electron chi connectivity index (χ4n) is 3.24. The minimum atomic E-state index is -4.21. The Kier molecular flexibility index (Phi) is 8.61. The average Bonchev–Trinajstić information content (AvgIpc) is 2.72. The van der Waals surface area contributed by atoms with Crippen LogP contribution in [0.4, 0.5) is 13.2 Å². The number of methoxy groups -OCH3 is 2. The number of nitrogens with zero attached hydrogens (tertiary/aromatic N) is 2. The number of ether oxygens (including phenoxy) is 2. The second-order valence-electron chi connectivity index (χ2n) is 6.94. The summed E-state index contributed by atoms with van der Waals surface area (Å²) < 4.78 is 47.3. The van der Waals surface area contributed by atoms with Gasteiger partial charge in [0.05, 0.1) is 20.6 Å². The zero-order valence-electron chi connectivity index (χ0n) is 17.6. The predicted molar refractivity (Wildman–Crippen MR) is 108 cm³/mol. The summed E-state index contributed by atoms with van der Waals surface area (Å²) in [7, 11) is 4.66. The van der Waals surface area contributed by atoms with Gasteiger partial charge in [0.2, 0.25) is 5.91 Å². The van der Waals surface area contributed by atoms with Crippen LogP contribution in [-0.2, 0) is 17.8 Å². The summed E-state index contributed by atoms with van der Waals surface area (Å²) >= 11 is 0. The lowest BCUT2D eigenvalue weighted by Crippen LogP contribution is -2.40. The number of rotatable bonds is 8. The van der Waals surface area contributed by atoms with Crippen LogP contribution in [0.15, 0.2) is 17.1 Å². The molecule has 0 aliphatic carbocycles. The number of hydrogen-bond donors (Lipinski definition) is 2. The van der Waals surface area contributed by atoms with E-state index in [-0.39, 0.29) is 12.5 Å². The smallest absolute Gasteiger partial charge is 0.390 e. The van der Waals surface area contributed by atoms with Gasteiger partial charge in [0.15, 0.2) is 17.5 Å². The third kappa shape index (κ3) is 7.00. The third-order valence-electron chi connectivity index (χ3n) is 4.86. The van der Waals surface area contributed by atoms with Crippen LogP contribution in [0.5, 0.6) is 11.5 Å². The SMILES string of the molecule is CN=C(NCCCC(=O)N1CCc2cc(OC)c(OC)cc2C1)NCCC(F)(F)F. The van der Waals surface area contributed by atoms with Gasteiger partial charge in [0.25, 0.3) is 0 Å². The standard InChI is InChI=1S/C20H29F3N4O3/c1-24-19(26-9-7-20(21,22)23)25-8-4-5-18(28)27-10-6-14-11-16(29-2)17(30-3)12-15(14)13-27/h11-12H,4-10,13H2,1-3H3,(H2,24,25,26). The topological polar surface area (TPSA) is 75.2 Å². The van der Waals surface area contributed by atoms with Crippen molar-refractivity contribution in [2.75, 3.05) is 40.9 Å². The molecule has 2 rings (SSSR count). The summed E-state index contributed by atoms with van der Waals surface area (Å²) in [5, 5.41) is 5.54. The Morgan fingerprint density at radius 2 is 1.77 bits per heavy atom. The first-order valence-electron chi connectivity index (χ1n) is 9.80. The van der Waals surface area contributed by atoms with Crippen molar-refractivity contribution in [3.8, 4) is 11.5 Å². The Balaban J connectivity index is 1.77. The number of nitrogens with one attached hydrogen (secondary N) is 2. The molecule has 0 saturated carbocycles. The highest BCUT2D eigenvalue weighted by Crippen LogP contribution is 2.33. The maximum Gasteiger partial charge on any atom is 0.390 e. The van der Waals surface area contributed by atoms with Gasteiger partial charge in [-0.25, -0.2) is 0 Å². The second-order valence-corrected chi connectivity index (χ2v) is 6.94. The van der Waals surface area contributed by atoms with Crippen LogP contribution in [0.25, 0.3) is 0 Å². The monoisotopic (exact) mass is 430 g/mol. The van der Waals surface area contributed by atoms with Gasteiger partial charge in [0, 0.05) is 39.6 Å². The molecule has 0 aromatic heterocycles. The molecule has 1 aliphatic rings. The lowest BCUT2D eigenvalue weighted by Gasteiger charge is -2.29. The van der Waals surface area contributed by atoms with Crippen LogP contribution >= 0.6 is 0 Å². The number of amides is 1. The van der Waals surface area contributed by atoms with Crippen molar-refractivity contribution in [2.24, 2.45) is 4.99 Å². The van der Waals surface area contributed by atoms with Crippen molar-refractivity contribution >= 4 is 11.9 Å². The van der Waals surface area contributed by atoms with Gasteiger partial charge in [-0.1, -0.05) is 0 Å². The van der Waals surface area contributed by atoms with E-state index in [2.05, 4.69) is 15.6 Å². The Labute approximate surface area is 174 Å². The number of hydrogen-bond acceptors (Lipinski definition) is 4. The molecule has 10 heteroatoms. The van der Waals surface area contributed by atoms with Crippen molar-refractivity contribution in [3.63, 3.8) is 0 Å². The lowest BCUT2D eigenvalue weighted by molar-refractivity contribution is -0.133. The minimum Gasteiger partial charge on any atom is -0.493 e. The van der Waals surface area contributed by atoms with E-state index in [1.807, 2.05) is 17.0 Å². The molecule has 0 radical (unpaired) electrons. The largest absolute Gasteiger partial charge is 0.493 e. The van der Waals surface area contributed by atoms with Gasteiger partial charge in [-0.3, -0.25) is 9.79 Å². The zero-order chi connectivity index (χ0) is 22.1. The Hall–Kier alpha value is -2.65. The molecule has 0 spiro atoms. The summed E-state index contributed by atoms with van der Waals surface area (Å²) in [5.74, 6) is 1.65. The van der Waals surface area contributed by atoms with E-state index in [1.165, 1.54) is 7.05 Å². The van der Waals surface area contributed by atoms with Gasteiger partial charge < -0.3 is 25.0 Å². The van der Waals surface area contributed by atoms with E-state index in [0.717, 1.165) is 17.5 Å². The maximum atomic E-state index is 12.6. The molecule has 1 amide bonds. The van der Waals surface area contributed by atoms with Crippen molar-refractivity contribution in [2.45, 2.75) is 38.4 Å². The second kappa shape index (κ2) is 10.9. The quantitative estimate of drug-likeness (QED) is 0.377. The molecule has 7 nitrogen and oxygen atoms in total. The minimum absolute atomic E-state index is 0.0391. The molecule has 0 fully saturated rings. The lowest BCUT2D eigenvalue weighted by atomic mass is 9.98. The zero-order valence-corrected chi connectivity index (χ0v) is 17.6. The van der Waals surface area contributed by atoms with Crippen molar-refractivity contribution in [3.05, 3.63) is 23.3 Å². The van der Waals surface area contributed by atoms with Crippen LogP contribution in [-0.4, -0.2) is 63.8 Å². The van der Waals surface area contributed by atoms with Crippen LogP contribution in [0.2, 0.25) is 0 Å². The molecule has 1 aromatic rings. The molecule has 1 aromatic carbocycles. The third-order valence-corrected chi connectivity index (χ3v) is 4.86. The molecule has 30 heavy (non-hydrogen) atoms. The normalized spacial score (nSPS) is 14.2. The summed E-state index contributed by atoms with van der Waals surface area (Å²) in [6.45, 7) is 1.34. The molecule has 1 heterocycles. The summed E-state index contributed by atoms with van der Waals surface area (Å²) in [4.78, 5) is 18.2. The van der Waals surface area contributed by atoms with Gasteiger partial charge in [-0.2, -0.15) is 13.2 Å². The first-order chi connectivity index (χ1) is 14.3. The van der Waals surface area contributed by atoms with Gasteiger partial charge in [-0.05, 0) is 36.1 Å². The summed E-state index contributed by atoms with van der Waals surface area (Å²) in [6, 6.07) is 3.86. The Morgan fingerprint density at radius 1 is 1.13 bits per heavy atom. The molecule has 1 aliphatic heterocycles. The van der Waals surface area contributed by atoms with Crippen molar-refractivity contribution in [1.82, 2.24) is 15.5 Å². The maximum absolute atomic E-state index is 12.6. The molecule has 0 saturated heterocycles. The van der Waals surface area contributed by atoms with Gasteiger partial charge in [0.1, 0.15) is 0 Å². The number of guanidine groups is 1. The van der Waals surface area contributed by atoms with Gasteiger partial charge in [-0.15, -0.1) is 0 Å². The van der Waals surface area contributed by atoms with Crippen molar-refractivity contribution < 1.29 is 27.4 Å². The molecular weight excluding hydrogens is 401 g/mol. The van der Waals surface area contributed by atoms with E-state index >= 15 is 0 Å². The highest BCUT2D eigenvalue weighted by atomic mass is 19.4.